The van der Waals surface area contributed by atoms with Crippen LogP contribution < -0.4 is 5.32 Å². The SMILES string of the molecule is c1nnc(C2CCNC2)o1. The Morgan fingerprint density at radius 2 is 2.70 bits per heavy atom. The predicted molar refractivity (Wildman–Crippen MR) is 34.5 cm³/mol. The Balaban J connectivity index is 2.12. The van der Waals surface area contributed by atoms with Crippen LogP contribution in [0.3, 0.4) is 0 Å². The summed E-state index contributed by atoms with van der Waals surface area (Å²) in [6, 6.07) is 0. The summed E-state index contributed by atoms with van der Waals surface area (Å²) in [6.45, 7) is 2.04. The molecule has 0 bridgehead atoms. The fourth-order valence-electron chi connectivity index (χ4n) is 1.22. The number of nitrogens with one attached hydrogen (secondary N) is 1. The largest absolute Gasteiger partial charge is 0.428 e. The minimum atomic E-state index is 0.447. The lowest BCUT2D eigenvalue weighted by atomic mass is 10.1. The summed E-state index contributed by atoms with van der Waals surface area (Å²) in [6.07, 6.45) is 2.50. The maximum absolute atomic E-state index is 5.06. The average molecular weight is 139 g/mol. The molecular weight excluding hydrogens is 130 g/mol. The summed E-state index contributed by atoms with van der Waals surface area (Å²) in [7, 11) is 0. The highest BCUT2D eigenvalue weighted by atomic mass is 16.4. The maximum atomic E-state index is 5.06. The van der Waals surface area contributed by atoms with E-state index in [4.69, 9.17) is 4.42 Å². The van der Waals surface area contributed by atoms with Gasteiger partial charge >= 0.3 is 0 Å². The smallest absolute Gasteiger partial charge is 0.220 e. The third-order valence-electron chi connectivity index (χ3n) is 1.79. The van der Waals surface area contributed by atoms with E-state index in [1.807, 2.05) is 0 Å². The standard InChI is InChI=1S/C6H9N3O/c1-2-7-3-5(1)6-9-8-4-10-6/h4-5,7H,1-3H2. The van der Waals surface area contributed by atoms with E-state index < -0.39 is 0 Å². The first-order valence-corrected chi connectivity index (χ1v) is 3.43. The zero-order chi connectivity index (χ0) is 6.81. The summed E-state index contributed by atoms with van der Waals surface area (Å²) in [4.78, 5) is 0. The van der Waals surface area contributed by atoms with Gasteiger partial charge in [0.1, 0.15) is 0 Å². The minimum Gasteiger partial charge on any atom is -0.428 e. The molecule has 1 fully saturated rings. The Morgan fingerprint density at radius 1 is 1.70 bits per heavy atom. The second-order valence-corrected chi connectivity index (χ2v) is 2.47. The van der Waals surface area contributed by atoms with E-state index in [1.54, 1.807) is 0 Å². The van der Waals surface area contributed by atoms with Crippen LogP contribution in [0, 0.1) is 0 Å². The van der Waals surface area contributed by atoms with Crippen molar-refractivity contribution in [1.82, 2.24) is 15.5 Å². The van der Waals surface area contributed by atoms with Gasteiger partial charge in [0.15, 0.2) is 0 Å². The van der Waals surface area contributed by atoms with Gasteiger partial charge in [-0.15, -0.1) is 10.2 Å². The van der Waals surface area contributed by atoms with Crippen LogP contribution in [0.1, 0.15) is 18.2 Å². The molecule has 1 saturated heterocycles. The van der Waals surface area contributed by atoms with Crippen LogP contribution in [0.15, 0.2) is 10.8 Å². The van der Waals surface area contributed by atoms with Crippen molar-refractivity contribution in [3.8, 4) is 0 Å². The van der Waals surface area contributed by atoms with Crippen LogP contribution in [-0.2, 0) is 0 Å². The van der Waals surface area contributed by atoms with E-state index >= 15 is 0 Å². The van der Waals surface area contributed by atoms with Gasteiger partial charge in [0.2, 0.25) is 12.3 Å². The Labute approximate surface area is 58.6 Å². The lowest BCUT2D eigenvalue weighted by Gasteiger charge is -1.98. The van der Waals surface area contributed by atoms with Crippen molar-refractivity contribution in [2.24, 2.45) is 0 Å². The number of rotatable bonds is 1. The van der Waals surface area contributed by atoms with Gasteiger partial charge in [-0.25, -0.2) is 0 Å². The van der Waals surface area contributed by atoms with E-state index in [1.165, 1.54) is 6.39 Å². The first-order chi connectivity index (χ1) is 4.97. The van der Waals surface area contributed by atoms with Gasteiger partial charge in [0.25, 0.3) is 0 Å². The molecule has 1 aliphatic rings. The molecule has 10 heavy (non-hydrogen) atoms. The van der Waals surface area contributed by atoms with Gasteiger partial charge in [-0.3, -0.25) is 0 Å². The van der Waals surface area contributed by atoms with E-state index in [-0.39, 0.29) is 0 Å². The van der Waals surface area contributed by atoms with E-state index in [9.17, 15) is 0 Å². The first-order valence-electron chi connectivity index (χ1n) is 3.43. The lowest BCUT2D eigenvalue weighted by Crippen LogP contribution is -2.08. The molecule has 1 N–H and O–H groups in total. The van der Waals surface area contributed by atoms with Crippen LogP contribution in [0.4, 0.5) is 0 Å². The van der Waals surface area contributed by atoms with Crippen LogP contribution in [0.2, 0.25) is 0 Å². The molecule has 1 aromatic heterocycles. The molecule has 0 radical (unpaired) electrons. The molecule has 2 heterocycles. The Morgan fingerprint density at radius 3 is 3.30 bits per heavy atom. The van der Waals surface area contributed by atoms with Gasteiger partial charge < -0.3 is 9.73 Å². The molecule has 0 aromatic carbocycles. The second kappa shape index (κ2) is 2.38. The molecule has 54 valence electrons. The molecule has 0 aliphatic carbocycles. The topological polar surface area (TPSA) is 51.0 Å². The van der Waals surface area contributed by atoms with Crippen LogP contribution >= 0.6 is 0 Å². The Kier molecular flexibility index (Phi) is 1.39. The van der Waals surface area contributed by atoms with Crippen molar-refractivity contribution in [3.63, 3.8) is 0 Å². The highest BCUT2D eigenvalue weighted by Gasteiger charge is 2.20. The van der Waals surface area contributed by atoms with Gasteiger partial charge in [-0.1, -0.05) is 0 Å². The van der Waals surface area contributed by atoms with Crippen LogP contribution in [0.25, 0.3) is 0 Å². The summed E-state index contributed by atoms with van der Waals surface area (Å²) in [5, 5.41) is 10.7. The number of aromatic nitrogens is 2. The van der Waals surface area contributed by atoms with Crippen LogP contribution in [0.5, 0.6) is 0 Å². The van der Waals surface area contributed by atoms with Gasteiger partial charge in [0.05, 0.1) is 5.92 Å². The maximum Gasteiger partial charge on any atom is 0.220 e. The molecule has 0 amide bonds. The summed E-state index contributed by atoms with van der Waals surface area (Å²) in [5.74, 6) is 1.22. The molecule has 0 saturated carbocycles. The highest BCUT2D eigenvalue weighted by molar-refractivity contribution is 4.93. The van der Waals surface area contributed by atoms with Crippen LogP contribution in [-0.4, -0.2) is 23.3 Å². The summed E-state index contributed by atoms with van der Waals surface area (Å²) in [5.41, 5.74) is 0. The molecule has 1 atom stereocenters. The predicted octanol–water partition coefficient (Wildman–Crippen LogP) is 0.146. The van der Waals surface area contributed by atoms with Crippen molar-refractivity contribution in [1.29, 1.82) is 0 Å². The quantitative estimate of drug-likeness (QED) is 0.601. The summed E-state index contributed by atoms with van der Waals surface area (Å²) < 4.78 is 5.06. The molecule has 1 unspecified atom stereocenters. The molecular formula is C6H9N3O. The van der Waals surface area contributed by atoms with Crippen molar-refractivity contribution < 1.29 is 4.42 Å². The molecule has 0 spiro atoms. The Hall–Kier alpha value is -0.900. The first kappa shape index (κ1) is 5.85. The zero-order valence-corrected chi connectivity index (χ0v) is 5.58. The third-order valence-corrected chi connectivity index (χ3v) is 1.79. The van der Waals surface area contributed by atoms with Crippen molar-refractivity contribution in [2.45, 2.75) is 12.3 Å². The molecule has 4 nitrogen and oxygen atoms in total. The monoisotopic (exact) mass is 139 g/mol. The van der Waals surface area contributed by atoms with Crippen molar-refractivity contribution in [2.75, 3.05) is 13.1 Å². The summed E-state index contributed by atoms with van der Waals surface area (Å²) >= 11 is 0. The fourth-order valence-corrected chi connectivity index (χ4v) is 1.22. The van der Waals surface area contributed by atoms with E-state index in [0.717, 1.165) is 25.4 Å². The lowest BCUT2D eigenvalue weighted by molar-refractivity contribution is 0.457. The number of hydrogen-bond donors (Lipinski definition) is 1. The Bertz CT molecular complexity index is 191. The normalized spacial score (nSPS) is 25.4. The highest BCUT2D eigenvalue weighted by Crippen LogP contribution is 2.18. The number of hydrogen-bond acceptors (Lipinski definition) is 4. The van der Waals surface area contributed by atoms with Gasteiger partial charge in [-0.05, 0) is 13.0 Å². The minimum absolute atomic E-state index is 0.447. The van der Waals surface area contributed by atoms with E-state index in [2.05, 4.69) is 15.5 Å². The number of nitrogens with zero attached hydrogens (tertiary/aromatic N) is 2. The van der Waals surface area contributed by atoms with Crippen molar-refractivity contribution in [3.05, 3.63) is 12.3 Å². The van der Waals surface area contributed by atoms with Gasteiger partial charge in [0, 0.05) is 6.54 Å². The second-order valence-electron chi connectivity index (χ2n) is 2.47. The van der Waals surface area contributed by atoms with Crippen molar-refractivity contribution >= 4 is 0 Å². The third kappa shape index (κ3) is 0.903. The van der Waals surface area contributed by atoms with Gasteiger partial charge in [-0.2, -0.15) is 0 Å². The molecule has 1 aromatic rings. The molecule has 2 rings (SSSR count). The zero-order valence-electron chi connectivity index (χ0n) is 5.58. The molecule has 1 aliphatic heterocycles. The van der Waals surface area contributed by atoms with E-state index in [0.29, 0.717) is 5.92 Å². The molecule has 4 heteroatoms. The average Bonchev–Trinajstić information content (AvgIpc) is 2.59. The fraction of sp³-hybridized carbons (Fsp3) is 0.667.